The van der Waals surface area contributed by atoms with Gasteiger partial charge >= 0.3 is 6.03 Å². The number of hydrogen-bond acceptors (Lipinski definition) is 6. The third-order valence-corrected chi connectivity index (χ3v) is 6.90. The summed E-state index contributed by atoms with van der Waals surface area (Å²) < 4.78 is 0. The number of thiophene rings is 1. The number of nitrogens with one attached hydrogen (secondary N) is 3. The third kappa shape index (κ3) is 4.38. The number of allylic oxidation sites excluding steroid dienone is 2. The van der Waals surface area contributed by atoms with E-state index < -0.39 is 0 Å². The molecular formula is C23H26N6O3S. The lowest BCUT2D eigenvalue weighted by molar-refractivity contribution is -0.127. The number of anilines is 2. The molecule has 4 rings (SSSR count). The van der Waals surface area contributed by atoms with Gasteiger partial charge in [0, 0.05) is 31.0 Å². The Labute approximate surface area is 195 Å². The van der Waals surface area contributed by atoms with Gasteiger partial charge in [-0.25, -0.2) is 9.78 Å². The number of pyridine rings is 1. The Morgan fingerprint density at radius 3 is 3.00 bits per heavy atom. The molecule has 2 aliphatic rings. The Bertz CT molecular complexity index is 1170. The molecular weight excluding hydrogens is 440 g/mol. The molecule has 172 valence electrons. The monoisotopic (exact) mass is 466 g/mol. The number of nitrogens with zero attached hydrogens (tertiary/aromatic N) is 3. The van der Waals surface area contributed by atoms with E-state index in [9.17, 15) is 14.4 Å². The minimum atomic E-state index is -0.341. The predicted octanol–water partition coefficient (Wildman–Crippen LogP) is 3.89. The molecule has 1 unspecified atom stereocenters. The fourth-order valence-corrected chi connectivity index (χ4v) is 5.26. The lowest BCUT2D eigenvalue weighted by atomic mass is 10.1. The minimum absolute atomic E-state index is 0.142. The zero-order valence-corrected chi connectivity index (χ0v) is 19.2. The molecule has 0 bridgehead atoms. The van der Waals surface area contributed by atoms with E-state index >= 15 is 0 Å². The molecule has 0 saturated carbocycles. The van der Waals surface area contributed by atoms with E-state index in [1.165, 1.54) is 23.6 Å². The number of hydrogen-bond donors (Lipinski definition) is 3. The average Bonchev–Trinajstić information content (AvgIpc) is 3.18. The highest BCUT2D eigenvalue weighted by Gasteiger charge is 2.33. The summed E-state index contributed by atoms with van der Waals surface area (Å²) in [5.41, 5.74) is 1.90. The van der Waals surface area contributed by atoms with E-state index in [0.717, 1.165) is 23.9 Å². The summed E-state index contributed by atoms with van der Waals surface area (Å²) in [5, 5.41) is 13.8. The second kappa shape index (κ2) is 9.53. The van der Waals surface area contributed by atoms with Crippen LogP contribution in [0.15, 0.2) is 36.7 Å². The average molecular weight is 467 g/mol. The van der Waals surface area contributed by atoms with E-state index in [1.807, 2.05) is 13.0 Å². The summed E-state index contributed by atoms with van der Waals surface area (Å²) in [4.78, 5) is 46.9. The maximum atomic E-state index is 13.2. The molecule has 33 heavy (non-hydrogen) atoms. The standard InChI is InChI=1S/C23H26N6O3S/c1-3-17(30)28-12-6-8-15(13-28)26-21(31)20-19-18-16(9-11-25-22(18)33-20)29(23(32)27-19)14(2)7-4-5-10-24/h3,7,9-11,15,24H,1,4-6,8,12-13H2,2H3,(H,26,31)(H,27,32)/b14-7+,24-10?. The summed E-state index contributed by atoms with van der Waals surface area (Å²) in [5.74, 6) is -0.431. The Kier molecular flexibility index (Phi) is 6.55. The minimum Gasteiger partial charge on any atom is -0.347 e. The van der Waals surface area contributed by atoms with Crippen molar-refractivity contribution in [2.45, 2.75) is 38.6 Å². The van der Waals surface area contributed by atoms with Crippen LogP contribution in [0.25, 0.3) is 10.2 Å². The highest BCUT2D eigenvalue weighted by atomic mass is 32.1. The number of carbonyl (C=O) groups excluding carboxylic acids is 3. The van der Waals surface area contributed by atoms with Crippen LogP contribution < -0.4 is 15.5 Å². The first-order valence-corrected chi connectivity index (χ1v) is 11.7. The summed E-state index contributed by atoms with van der Waals surface area (Å²) >= 11 is 1.24. The molecule has 1 fully saturated rings. The van der Waals surface area contributed by atoms with Crippen LogP contribution in [0.1, 0.15) is 42.3 Å². The summed E-state index contributed by atoms with van der Waals surface area (Å²) in [6.07, 6.45) is 9.01. The van der Waals surface area contributed by atoms with Gasteiger partial charge in [-0.15, -0.1) is 11.3 Å². The Morgan fingerprint density at radius 1 is 1.42 bits per heavy atom. The topological polar surface area (TPSA) is 118 Å². The van der Waals surface area contributed by atoms with Gasteiger partial charge in [-0.1, -0.05) is 12.7 Å². The van der Waals surface area contributed by atoms with Gasteiger partial charge < -0.3 is 20.9 Å². The molecule has 4 heterocycles. The van der Waals surface area contributed by atoms with Crippen LogP contribution in [-0.4, -0.2) is 53.1 Å². The second-order valence-corrected chi connectivity index (χ2v) is 9.01. The number of likely N-dealkylation sites (tertiary alicyclic amines) is 1. The number of urea groups is 1. The smallest absolute Gasteiger partial charge is 0.330 e. The van der Waals surface area contributed by atoms with Crippen molar-refractivity contribution in [1.29, 1.82) is 5.41 Å². The summed E-state index contributed by atoms with van der Waals surface area (Å²) in [6.45, 7) is 6.46. The Morgan fingerprint density at radius 2 is 2.24 bits per heavy atom. The van der Waals surface area contributed by atoms with Crippen LogP contribution in [0.5, 0.6) is 0 Å². The highest BCUT2D eigenvalue weighted by molar-refractivity contribution is 7.21. The molecule has 0 radical (unpaired) electrons. The van der Waals surface area contributed by atoms with Gasteiger partial charge in [0.25, 0.3) is 5.91 Å². The van der Waals surface area contributed by atoms with Crippen molar-refractivity contribution in [1.82, 2.24) is 15.2 Å². The van der Waals surface area contributed by atoms with Gasteiger partial charge in [-0.3, -0.25) is 14.5 Å². The number of aromatic nitrogens is 1. The number of rotatable bonds is 7. The summed E-state index contributed by atoms with van der Waals surface area (Å²) in [6, 6.07) is 1.26. The SMILES string of the molecule is C=CC(=O)N1CCCC(NC(=O)c2sc3nccc4c3c2NC(=O)N4/C(C)=C/CCC=N)C1. The van der Waals surface area contributed by atoms with Crippen molar-refractivity contribution >= 4 is 57.0 Å². The van der Waals surface area contributed by atoms with Crippen molar-refractivity contribution in [2.24, 2.45) is 0 Å². The Balaban J connectivity index is 1.62. The molecule has 10 heteroatoms. The lowest BCUT2D eigenvalue weighted by Gasteiger charge is -2.32. The first-order valence-electron chi connectivity index (χ1n) is 10.8. The van der Waals surface area contributed by atoms with Gasteiger partial charge in [-0.2, -0.15) is 0 Å². The quantitative estimate of drug-likeness (QED) is 0.326. The molecule has 0 spiro atoms. The van der Waals surface area contributed by atoms with Crippen molar-refractivity contribution in [3.05, 3.63) is 41.6 Å². The molecule has 2 aromatic heterocycles. The van der Waals surface area contributed by atoms with Gasteiger partial charge in [0.15, 0.2) is 0 Å². The van der Waals surface area contributed by atoms with Gasteiger partial charge in [0.1, 0.15) is 9.71 Å². The predicted molar refractivity (Wildman–Crippen MR) is 130 cm³/mol. The zero-order valence-electron chi connectivity index (χ0n) is 18.4. The van der Waals surface area contributed by atoms with Crippen LogP contribution in [0.3, 0.4) is 0 Å². The lowest BCUT2D eigenvalue weighted by Crippen LogP contribution is -2.49. The van der Waals surface area contributed by atoms with Crippen LogP contribution in [0, 0.1) is 5.41 Å². The molecule has 0 aliphatic carbocycles. The third-order valence-electron chi connectivity index (χ3n) is 5.80. The van der Waals surface area contributed by atoms with Gasteiger partial charge in [-0.05, 0) is 51.0 Å². The molecule has 4 amide bonds. The zero-order chi connectivity index (χ0) is 23.5. The molecule has 3 N–H and O–H groups in total. The van der Waals surface area contributed by atoms with E-state index in [2.05, 4.69) is 22.2 Å². The number of unbranched alkanes of at least 4 members (excludes halogenated alkanes) is 1. The van der Waals surface area contributed by atoms with Crippen molar-refractivity contribution < 1.29 is 14.4 Å². The van der Waals surface area contributed by atoms with E-state index in [0.29, 0.717) is 47.0 Å². The first kappa shape index (κ1) is 22.7. The van der Waals surface area contributed by atoms with E-state index in [4.69, 9.17) is 5.41 Å². The van der Waals surface area contributed by atoms with Gasteiger partial charge in [0.05, 0.1) is 16.8 Å². The van der Waals surface area contributed by atoms with Crippen molar-refractivity contribution in [3.63, 3.8) is 0 Å². The second-order valence-electron chi connectivity index (χ2n) is 8.01. The maximum Gasteiger partial charge on any atom is 0.330 e. The Hall–Kier alpha value is -3.53. The largest absolute Gasteiger partial charge is 0.347 e. The number of piperidine rings is 1. The van der Waals surface area contributed by atoms with Crippen LogP contribution in [0.2, 0.25) is 0 Å². The first-order chi connectivity index (χ1) is 15.9. The van der Waals surface area contributed by atoms with E-state index in [-0.39, 0.29) is 23.9 Å². The van der Waals surface area contributed by atoms with Crippen LogP contribution in [0.4, 0.5) is 16.2 Å². The molecule has 9 nitrogen and oxygen atoms in total. The van der Waals surface area contributed by atoms with Crippen LogP contribution in [-0.2, 0) is 4.79 Å². The fraction of sp³-hybridized carbons (Fsp3) is 0.348. The van der Waals surface area contributed by atoms with Gasteiger partial charge in [0.2, 0.25) is 5.91 Å². The van der Waals surface area contributed by atoms with Crippen molar-refractivity contribution in [2.75, 3.05) is 23.3 Å². The highest BCUT2D eigenvalue weighted by Crippen LogP contribution is 2.44. The van der Waals surface area contributed by atoms with Crippen molar-refractivity contribution in [3.8, 4) is 0 Å². The van der Waals surface area contributed by atoms with Crippen LogP contribution >= 0.6 is 11.3 Å². The molecule has 2 aromatic rings. The summed E-state index contributed by atoms with van der Waals surface area (Å²) in [7, 11) is 0. The molecule has 1 saturated heterocycles. The molecule has 1 atom stereocenters. The molecule has 2 aliphatic heterocycles. The maximum absolute atomic E-state index is 13.2. The molecule has 0 aromatic carbocycles. The number of carbonyl (C=O) groups is 3. The number of amides is 4. The fourth-order valence-electron chi connectivity index (χ4n) is 4.24. The normalized spacial score (nSPS) is 18.2. The van der Waals surface area contributed by atoms with E-state index in [1.54, 1.807) is 22.1 Å².